The monoisotopic (exact) mass is 388 g/mol. The third-order valence-corrected chi connectivity index (χ3v) is 3.76. The molecule has 0 aromatic heterocycles. The Balaban J connectivity index is 0. The lowest BCUT2D eigenvalue weighted by Gasteiger charge is -2.20. The summed E-state index contributed by atoms with van der Waals surface area (Å²) in [5, 5.41) is 0. The van der Waals surface area contributed by atoms with Gasteiger partial charge in [-0.25, -0.2) is 4.79 Å². The molecule has 0 heterocycles. The van der Waals surface area contributed by atoms with Gasteiger partial charge in [-0.05, 0) is 38.5 Å². The molecule has 138 valence electrons. The van der Waals surface area contributed by atoms with Crippen LogP contribution in [0.25, 0.3) is 0 Å². The van der Waals surface area contributed by atoms with Gasteiger partial charge < -0.3 is 0 Å². The highest BCUT2D eigenvalue weighted by Crippen LogP contribution is 2.22. The van der Waals surface area contributed by atoms with Crippen LogP contribution in [0, 0.1) is 5.41 Å². The molecule has 0 aliphatic rings. The molecule has 0 bridgehead atoms. The van der Waals surface area contributed by atoms with Crippen LogP contribution in [-0.2, 0) is 14.6 Å². The van der Waals surface area contributed by atoms with Crippen molar-refractivity contribution in [2.75, 3.05) is 0 Å². The van der Waals surface area contributed by atoms with E-state index in [0.717, 1.165) is 31.2 Å². The Kier molecular flexibility index (Phi) is 14.7. The van der Waals surface area contributed by atoms with Gasteiger partial charge in [0.05, 0.1) is 0 Å². The Labute approximate surface area is 156 Å². The van der Waals surface area contributed by atoms with Gasteiger partial charge in [0.25, 0.3) is 0 Å². The third-order valence-electron chi connectivity index (χ3n) is 3.10. The summed E-state index contributed by atoms with van der Waals surface area (Å²) in [6, 6.07) is 0. The van der Waals surface area contributed by atoms with Crippen LogP contribution < -0.4 is 0 Å². The number of hydrogen-bond acceptors (Lipinski definition) is 3. The van der Waals surface area contributed by atoms with Crippen molar-refractivity contribution in [3.8, 4) is 0 Å². The van der Waals surface area contributed by atoms with E-state index in [-0.39, 0.29) is 16.1 Å². The third kappa shape index (κ3) is 22.0. The van der Waals surface area contributed by atoms with Crippen LogP contribution in [0.5, 0.6) is 0 Å². The number of rotatable bonds is 8. The standard InChI is InChI=1S/C15H30O3.C2HCl3/c1-7-15(5,6)18-17-13(16)11-9-8-10-12-14(2,3)4;3-1-2(4)5/h7-12H2,1-6H3;1H. The minimum absolute atomic E-state index is 0.0895. The average molecular weight is 390 g/mol. The second-order valence-electron chi connectivity index (χ2n) is 7.17. The predicted octanol–water partition coefficient (Wildman–Crippen LogP) is 7.15. The van der Waals surface area contributed by atoms with Gasteiger partial charge in [-0.2, -0.15) is 4.89 Å². The molecule has 0 saturated carbocycles. The average Bonchev–Trinajstić information content (AvgIpc) is 2.44. The van der Waals surface area contributed by atoms with E-state index in [4.69, 9.17) is 44.6 Å². The first-order valence-corrected chi connectivity index (χ1v) is 9.12. The zero-order valence-corrected chi connectivity index (χ0v) is 17.4. The van der Waals surface area contributed by atoms with Crippen molar-refractivity contribution in [2.24, 2.45) is 5.41 Å². The largest absolute Gasteiger partial charge is 0.342 e. The van der Waals surface area contributed by atoms with Gasteiger partial charge >= 0.3 is 5.97 Å². The van der Waals surface area contributed by atoms with Crippen molar-refractivity contribution in [3.05, 3.63) is 10.0 Å². The van der Waals surface area contributed by atoms with Gasteiger partial charge in [0.1, 0.15) is 10.1 Å². The summed E-state index contributed by atoms with van der Waals surface area (Å²) < 4.78 is 0.0895. The lowest BCUT2D eigenvalue weighted by Crippen LogP contribution is -2.25. The van der Waals surface area contributed by atoms with Crippen LogP contribution in [0.2, 0.25) is 0 Å². The fraction of sp³-hybridized carbons (Fsp3) is 0.824. The SMILES string of the molecule is CCC(C)(C)OOC(=O)CCCCCC(C)(C)C.ClC=C(Cl)Cl. The summed E-state index contributed by atoms with van der Waals surface area (Å²) in [4.78, 5) is 21.3. The van der Waals surface area contributed by atoms with Crippen LogP contribution in [0.4, 0.5) is 0 Å². The normalized spacial score (nSPS) is 11.3. The first-order chi connectivity index (χ1) is 10.4. The summed E-state index contributed by atoms with van der Waals surface area (Å²) in [7, 11) is 0. The smallest absolute Gasteiger partial charge is 0.298 e. The van der Waals surface area contributed by atoms with E-state index in [9.17, 15) is 4.79 Å². The number of carbonyl (C=O) groups is 1. The van der Waals surface area contributed by atoms with E-state index >= 15 is 0 Å². The molecule has 0 aliphatic heterocycles. The van der Waals surface area contributed by atoms with E-state index in [1.54, 1.807) is 0 Å². The van der Waals surface area contributed by atoms with Crippen LogP contribution in [0.3, 0.4) is 0 Å². The molecule has 0 radical (unpaired) electrons. The lowest BCUT2D eigenvalue weighted by molar-refractivity contribution is -0.325. The van der Waals surface area contributed by atoms with Crippen molar-refractivity contribution in [1.29, 1.82) is 0 Å². The van der Waals surface area contributed by atoms with E-state index in [1.165, 1.54) is 6.42 Å². The number of carbonyl (C=O) groups excluding carboxylic acids is 1. The van der Waals surface area contributed by atoms with E-state index in [1.807, 2.05) is 20.8 Å². The maximum Gasteiger partial charge on any atom is 0.342 e. The Hall–Kier alpha value is 0.0400. The summed E-state index contributed by atoms with van der Waals surface area (Å²) in [5.41, 5.74) is 1.08. The van der Waals surface area contributed by atoms with Crippen molar-refractivity contribution in [2.45, 2.75) is 85.7 Å². The highest BCUT2D eigenvalue weighted by Gasteiger charge is 2.19. The summed E-state index contributed by atoms with van der Waals surface area (Å²) in [5.74, 6) is -0.257. The fourth-order valence-electron chi connectivity index (χ4n) is 1.36. The first-order valence-electron chi connectivity index (χ1n) is 7.93. The summed E-state index contributed by atoms with van der Waals surface area (Å²) in [6.45, 7) is 12.5. The summed E-state index contributed by atoms with van der Waals surface area (Å²) in [6.07, 6.45) is 5.57. The molecule has 3 nitrogen and oxygen atoms in total. The van der Waals surface area contributed by atoms with Crippen molar-refractivity contribution >= 4 is 40.8 Å². The van der Waals surface area contributed by atoms with Gasteiger partial charge in [-0.3, -0.25) is 4.89 Å². The molecule has 0 aliphatic carbocycles. The van der Waals surface area contributed by atoms with Crippen LogP contribution in [-0.4, -0.2) is 11.6 Å². The van der Waals surface area contributed by atoms with Gasteiger partial charge in [-0.1, -0.05) is 75.3 Å². The van der Waals surface area contributed by atoms with E-state index in [2.05, 4.69) is 20.8 Å². The first kappa shape index (κ1) is 25.3. The molecule has 0 aromatic carbocycles. The van der Waals surface area contributed by atoms with Gasteiger partial charge in [0.2, 0.25) is 0 Å². The Morgan fingerprint density at radius 2 is 1.57 bits per heavy atom. The molecule has 0 amide bonds. The summed E-state index contributed by atoms with van der Waals surface area (Å²) >= 11 is 14.8. The minimum atomic E-state index is -0.387. The quantitative estimate of drug-likeness (QED) is 0.251. The molecule has 23 heavy (non-hydrogen) atoms. The highest BCUT2D eigenvalue weighted by molar-refractivity contribution is 6.58. The zero-order chi connectivity index (χ0) is 18.5. The Bertz CT molecular complexity index is 343. The zero-order valence-electron chi connectivity index (χ0n) is 15.2. The van der Waals surface area contributed by atoms with Crippen LogP contribution in [0.1, 0.15) is 80.1 Å². The van der Waals surface area contributed by atoms with E-state index < -0.39 is 0 Å². The molecule has 0 atom stereocenters. The molecule has 0 fully saturated rings. The highest BCUT2D eigenvalue weighted by atomic mass is 35.5. The van der Waals surface area contributed by atoms with Crippen molar-refractivity contribution < 1.29 is 14.6 Å². The molecule has 0 rings (SSSR count). The lowest BCUT2D eigenvalue weighted by atomic mass is 9.89. The van der Waals surface area contributed by atoms with Crippen molar-refractivity contribution in [3.63, 3.8) is 0 Å². The fourth-order valence-corrected chi connectivity index (χ4v) is 1.36. The Morgan fingerprint density at radius 3 is 1.96 bits per heavy atom. The minimum Gasteiger partial charge on any atom is -0.298 e. The molecule has 0 spiro atoms. The van der Waals surface area contributed by atoms with Crippen LogP contribution >= 0.6 is 34.8 Å². The van der Waals surface area contributed by atoms with Gasteiger partial charge in [0.15, 0.2) is 0 Å². The molecule has 0 N–H and O–H groups in total. The molecule has 0 saturated heterocycles. The molecule has 0 aromatic rings. The van der Waals surface area contributed by atoms with Gasteiger partial charge in [-0.15, -0.1) is 0 Å². The number of halogens is 3. The van der Waals surface area contributed by atoms with Gasteiger partial charge in [0, 0.05) is 12.0 Å². The maximum atomic E-state index is 11.4. The van der Waals surface area contributed by atoms with Crippen LogP contribution in [0.15, 0.2) is 10.0 Å². The molecule has 0 unspecified atom stereocenters. The molecular weight excluding hydrogens is 359 g/mol. The number of unbranched alkanes of at least 4 members (excludes halogenated alkanes) is 2. The Morgan fingerprint density at radius 1 is 1.04 bits per heavy atom. The second kappa shape index (κ2) is 13.3. The second-order valence-corrected chi connectivity index (χ2v) is 8.40. The number of hydrogen-bond donors (Lipinski definition) is 0. The predicted molar refractivity (Wildman–Crippen MR) is 99.7 cm³/mol. The maximum absolute atomic E-state index is 11.4. The molecule has 6 heteroatoms. The topological polar surface area (TPSA) is 35.5 Å². The van der Waals surface area contributed by atoms with E-state index in [0.29, 0.717) is 11.8 Å². The van der Waals surface area contributed by atoms with Crippen molar-refractivity contribution in [1.82, 2.24) is 0 Å². The molecular formula is C17H31Cl3O3.